The summed E-state index contributed by atoms with van der Waals surface area (Å²) in [5.41, 5.74) is -0.373. The summed E-state index contributed by atoms with van der Waals surface area (Å²) in [5.74, 6) is -3.93. The summed E-state index contributed by atoms with van der Waals surface area (Å²) in [6.45, 7) is -0.301. The molecule has 1 spiro atoms. The van der Waals surface area contributed by atoms with E-state index in [9.17, 15) is 22.8 Å². The van der Waals surface area contributed by atoms with Gasteiger partial charge in [0.25, 0.3) is 0 Å². The van der Waals surface area contributed by atoms with Crippen LogP contribution < -0.4 is 0 Å². The van der Waals surface area contributed by atoms with Gasteiger partial charge in [-0.15, -0.1) is 0 Å². The van der Waals surface area contributed by atoms with Crippen LogP contribution in [0.4, 0.5) is 13.2 Å². The average molecular weight is 251 g/mol. The lowest BCUT2D eigenvalue weighted by molar-refractivity contribution is -0.189. The molecule has 2 rings (SSSR count). The van der Waals surface area contributed by atoms with E-state index >= 15 is 0 Å². The van der Waals surface area contributed by atoms with E-state index in [1.807, 2.05) is 0 Å². The number of aliphatic carboxylic acids is 1. The summed E-state index contributed by atoms with van der Waals surface area (Å²) in [4.78, 5) is 22.6. The molecule has 17 heavy (non-hydrogen) atoms. The fraction of sp³-hybridized carbons (Fsp3) is 0.800. The number of carbonyl (C=O) groups is 2. The predicted molar refractivity (Wildman–Crippen MR) is 50.0 cm³/mol. The first kappa shape index (κ1) is 12.2. The van der Waals surface area contributed by atoms with Crippen LogP contribution >= 0.6 is 0 Å². The number of hydrogen-bond donors (Lipinski definition) is 1. The highest BCUT2D eigenvalue weighted by molar-refractivity contribution is 5.83. The maximum absolute atomic E-state index is 12.3. The van der Waals surface area contributed by atoms with Crippen LogP contribution in [0, 0.1) is 11.3 Å². The smallest absolute Gasteiger partial charge is 0.471 e. The number of carboxylic acid groups (broad SMARTS) is 1. The average Bonchev–Trinajstić information content (AvgIpc) is 2.94. The highest BCUT2D eigenvalue weighted by Gasteiger charge is 2.54. The minimum atomic E-state index is -4.92. The number of piperidine rings is 1. The number of carbonyl (C=O) groups excluding carboxylic acids is 1. The molecule has 0 aromatic rings. The van der Waals surface area contributed by atoms with E-state index in [1.165, 1.54) is 0 Å². The van der Waals surface area contributed by atoms with Crippen LogP contribution in [0.25, 0.3) is 0 Å². The molecule has 2 aliphatic rings. The van der Waals surface area contributed by atoms with Gasteiger partial charge in [-0.1, -0.05) is 0 Å². The van der Waals surface area contributed by atoms with Gasteiger partial charge in [-0.3, -0.25) is 9.59 Å². The number of nitrogens with zero attached hydrogens (tertiary/aromatic N) is 1. The molecule has 0 aromatic heterocycles. The SMILES string of the molecule is O=C(O)C1CN(C(=O)C(F)(F)F)CC2(CC2)C1. The third-order valence-electron chi connectivity index (χ3n) is 3.48. The zero-order chi connectivity index (χ0) is 12.8. The lowest BCUT2D eigenvalue weighted by atomic mass is 9.86. The fourth-order valence-electron chi connectivity index (χ4n) is 2.43. The van der Waals surface area contributed by atoms with Crippen molar-refractivity contribution in [2.24, 2.45) is 11.3 Å². The molecular formula is C10H12F3NO3. The number of halogens is 3. The molecule has 1 atom stereocenters. The Bertz CT molecular complexity index is 362. The molecule has 1 saturated carbocycles. The van der Waals surface area contributed by atoms with Crippen molar-refractivity contribution < 1.29 is 27.9 Å². The minimum Gasteiger partial charge on any atom is -0.481 e. The van der Waals surface area contributed by atoms with E-state index in [-0.39, 0.29) is 18.5 Å². The lowest BCUT2D eigenvalue weighted by Crippen LogP contribution is -2.51. The van der Waals surface area contributed by atoms with Gasteiger partial charge in [0, 0.05) is 13.1 Å². The van der Waals surface area contributed by atoms with Crippen molar-refractivity contribution >= 4 is 11.9 Å². The number of amides is 1. The number of alkyl halides is 3. The van der Waals surface area contributed by atoms with Crippen molar-refractivity contribution in [3.63, 3.8) is 0 Å². The first-order chi connectivity index (χ1) is 7.73. The van der Waals surface area contributed by atoms with E-state index in [2.05, 4.69) is 0 Å². The summed E-state index contributed by atoms with van der Waals surface area (Å²) < 4.78 is 36.9. The molecule has 4 nitrogen and oxygen atoms in total. The number of hydrogen-bond acceptors (Lipinski definition) is 2. The Morgan fingerprint density at radius 2 is 1.88 bits per heavy atom. The molecule has 0 bridgehead atoms. The Hall–Kier alpha value is -1.27. The minimum absolute atomic E-state index is 0.0368. The maximum Gasteiger partial charge on any atom is 0.471 e. The zero-order valence-corrected chi connectivity index (χ0v) is 8.96. The second kappa shape index (κ2) is 3.61. The number of rotatable bonds is 1. The molecule has 0 radical (unpaired) electrons. The van der Waals surface area contributed by atoms with Crippen LogP contribution in [0.3, 0.4) is 0 Å². The normalized spacial score (nSPS) is 27.0. The topological polar surface area (TPSA) is 57.6 Å². The Balaban J connectivity index is 2.13. The van der Waals surface area contributed by atoms with Crippen LogP contribution in [0.1, 0.15) is 19.3 Å². The summed E-state index contributed by atoms with van der Waals surface area (Å²) in [6.07, 6.45) is -3.13. The monoisotopic (exact) mass is 251 g/mol. The second-order valence-electron chi connectivity index (χ2n) is 4.92. The quantitative estimate of drug-likeness (QED) is 0.763. The van der Waals surface area contributed by atoms with E-state index in [1.54, 1.807) is 0 Å². The summed E-state index contributed by atoms with van der Waals surface area (Å²) in [6, 6.07) is 0. The van der Waals surface area contributed by atoms with Crippen LogP contribution in [0.2, 0.25) is 0 Å². The van der Waals surface area contributed by atoms with Crippen molar-refractivity contribution in [1.82, 2.24) is 4.90 Å². The molecule has 1 N–H and O–H groups in total. The van der Waals surface area contributed by atoms with Crippen molar-refractivity contribution in [2.75, 3.05) is 13.1 Å². The van der Waals surface area contributed by atoms with Gasteiger partial charge in [-0.2, -0.15) is 13.2 Å². The lowest BCUT2D eigenvalue weighted by Gasteiger charge is -2.36. The first-order valence-electron chi connectivity index (χ1n) is 5.32. The molecule has 1 saturated heterocycles. The van der Waals surface area contributed by atoms with E-state index in [0.717, 1.165) is 0 Å². The molecule has 1 heterocycles. The summed E-state index contributed by atoms with van der Waals surface area (Å²) in [7, 11) is 0. The van der Waals surface area contributed by atoms with E-state index in [0.29, 0.717) is 24.2 Å². The first-order valence-corrected chi connectivity index (χ1v) is 5.32. The van der Waals surface area contributed by atoms with Gasteiger partial charge < -0.3 is 10.0 Å². The number of likely N-dealkylation sites (tertiary alicyclic amines) is 1. The third kappa shape index (κ3) is 2.37. The highest BCUT2D eigenvalue weighted by atomic mass is 19.4. The van der Waals surface area contributed by atoms with Gasteiger partial charge in [0.05, 0.1) is 5.92 Å². The molecule has 0 aromatic carbocycles. The van der Waals surface area contributed by atoms with Crippen LogP contribution in [0.5, 0.6) is 0 Å². The molecule has 1 aliphatic heterocycles. The summed E-state index contributed by atoms with van der Waals surface area (Å²) in [5, 5.41) is 8.88. The number of carboxylic acids is 1. The summed E-state index contributed by atoms with van der Waals surface area (Å²) >= 11 is 0. The van der Waals surface area contributed by atoms with E-state index < -0.39 is 24.0 Å². The van der Waals surface area contributed by atoms with Gasteiger partial charge >= 0.3 is 18.1 Å². The molecule has 7 heteroatoms. The molecule has 2 fully saturated rings. The van der Waals surface area contributed by atoms with Gasteiger partial charge in [-0.25, -0.2) is 0 Å². The van der Waals surface area contributed by atoms with Gasteiger partial charge in [0.15, 0.2) is 0 Å². The molecular weight excluding hydrogens is 239 g/mol. The van der Waals surface area contributed by atoms with Crippen molar-refractivity contribution in [1.29, 1.82) is 0 Å². The van der Waals surface area contributed by atoms with Gasteiger partial charge in [0.2, 0.25) is 0 Å². The third-order valence-corrected chi connectivity index (χ3v) is 3.48. The second-order valence-corrected chi connectivity index (χ2v) is 4.92. The Morgan fingerprint density at radius 3 is 2.29 bits per heavy atom. The zero-order valence-electron chi connectivity index (χ0n) is 8.96. The Morgan fingerprint density at radius 1 is 1.29 bits per heavy atom. The van der Waals surface area contributed by atoms with Gasteiger partial charge in [-0.05, 0) is 24.7 Å². The largest absolute Gasteiger partial charge is 0.481 e. The highest BCUT2D eigenvalue weighted by Crippen LogP contribution is 2.53. The van der Waals surface area contributed by atoms with Gasteiger partial charge in [0.1, 0.15) is 0 Å². The maximum atomic E-state index is 12.3. The molecule has 96 valence electrons. The predicted octanol–water partition coefficient (Wildman–Crippen LogP) is 1.26. The van der Waals surface area contributed by atoms with Crippen molar-refractivity contribution in [2.45, 2.75) is 25.4 Å². The molecule has 1 unspecified atom stereocenters. The van der Waals surface area contributed by atoms with Crippen molar-refractivity contribution in [3.05, 3.63) is 0 Å². The fourth-order valence-corrected chi connectivity index (χ4v) is 2.43. The van der Waals surface area contributed by atoms with Crippen LogP contribution in [0.15, 0.2) is 0 Å². The van der Waals surface area contributed by atoms with E-state index in [4.69, 9.17) is 5.11 Å². The van der Waals surface area contributed by atoms with Crippen molar-refractivity contribution in [3.8, 4) is 0 Å². The van der Waals surface area contributed by atoms with Crippen LogP contribution in [-0.4, -0.2) is 41.1 Å². The van der Waals surface area contributed by atoms with Crippen LogP contribution in [-0.2, 0) is 9.59 Å². The Labute approximate surface area is 95.4 Å². The standard InChI is InChI=1S/C10H12F3NO3/c11-10(12,13)8(17)14-4-6(7(15)16)3-9(5-14)1-2-9/h6H,1-5H2,(H,15,16). The Kier molecular flexibility index (Phi) is 2.59. The molecule has 1 amide bonds. The molecule has 1 aliphatic carbocycles.